The minimum atomic E-state index is -0.898. The lowest BCUT2D eigenvalue weighted by Gasteiger charge is -2.19. The van der Waals surface area contributed by atoms with Crippen molar-refractivity contribution in [2.45, 2.75) is 32.9 Å². The van der Waals surface area contributed by atoms with Crippen LogP contribution in [-0.2, 0) is 16.0 Å². The highest BCUT2D eigenvalue weighted by molar-refractivity contribution is 8.15. The van der Waals surface area contributed by atoms with E-state index in [9.17, 15) is 14.9 Å². The Hall–Kier alpha value is -4.11. The van der Waals surface area contributed by atoms with Gasteiger partial charge in [-0.05, 0) is 56.9 Å². The molecule has 0 aliphatic rings. The maximum atomic E-state index is 15.3. The monoisotopic (exact) mass is 544 g/mol. The second-order valence-corrected chi connectivity index (χ2v) is 9.34. The third-order valence-corrected chi connectivity index (χ3v) is 5.44. The van der Waals surface area contributed by atoms with E-state index in [0.717, 1.165) is 17.8 Å². The van der Waals surface area contributed by atoms with E-state index < -0.39 is 23.6 Å². The van der Waals surface area contributed by atoms with E-state index in [1.54, 1.807) is 39.2 Å². The fourth-order valence-corrected chi connectivity index (χ4v) is 3.61. The van der Waals surface area contributed by atoms with Crippen LogP contribution in [0.25, 0.3) is 0 Å². The Kier molecular flexibility index (Phi) is 10.7. The molecular formula is C26H29FN4O6S. The molecule has 0 heterocycles. The Bertz CT molecular complexity index is 1300. The number of benzene rings is 2. The number of thioether (sulfide) groups is 1. The molecule has 0 spiro atoms. The number of aliphatic imine (C=N–C) groups is 2. The van der Waals surface area contributed by atoms with Gasteiger partial charge in [0.1, 0.15) is 22.2 Å². The Morgan fingerprint density at radius 1 is 1.11 bits per heavy atom. The Morgan fingerprint density at radius 3 is 2.32 bits per heavy atom. The zero-order valence-corrected chi connectivity index (χ0v) is 23.0. The van der Waals surface area contributed by atoms with Gasteiger partial charge in [0.2, 0.25) is 0 Å². The van der Waals surface area contributed by atoms with E-state index in [2.05, 4.69) is 26.1 Å². The largest absolute Gasteiger partial charge is 0.493 e. The zero-order valence-electron chi connectivity index (χ0n) is 22.2. The van der Waals surface area contributed by atoms with E-state index in [1.165, 1.54) is 33.5 Å². The van der Waals surface area contributed by atoms with Crippen molar-refractivity contribution in [2.24, 2.45) is 9.98 Å². The standard InChI is InChI=1S/C26H29FN4O6S/c1-26(2,3)37-24(32)29-14-16-10-17(9-8-15(16)13-28)30-22(23(38-7)31-25(33)36-6)18-11-20(34-4)21(35-5)12-19(18)27/h8-12H,14H2,1-7H3,(H,29,32). The summed E-state index contributed by atoms with van der Waals surface area (Å²) in [5.74, 6) is -0.303. The molecule has 0 atom stereocenters. The molecule has 0 radical (unpaired) electrons. The number of methoxy groups -OCH3 is 3. The maximum Gasteiger partial charge on any atom is 0.434 e. The van der Waals surface area contributed by atoms with E-state index in [1.807, 2.05) is 0 Å². The smallest absolute Gasteiger partial charge is 0.434 e. The number of amides is 2. The molecule has 38 heavy (non-hydrogen) atoms. The molecule has 2 aromatic carbocycles. The normalized spacial score (nSPS) is 11.9. The number of nitrogens with zero attached hydrogens (tertiary/aromatic N) is 3. The fraction of sp³-hybridized carbons (Fsp3) is 0.346. The third kappa shape index (κ3) is 8.21. The van der Waals surface area contributed by atoms with Crippen LogP contribution in [0.1, 0.15) is 37.5 Å². The van der Waals surface area contributed by atoms with Gasteiger partial charge in [-0.1, -0.05) is 0 Å². The van der Waals surface area contributed by atoms with E-state index in [-0.39, 0.29) is 34.4 Å². The van der Waals surface area contributed by atoms with Crippen molar-refractivity contribution in [3.63, 3.8) is 0 Å². The second-order valence-electron chi connectivity index (χ2n) is 8.55. The quantitative estimate of drug-likeness (QED) is 0.363. The number of hydrogen-bond acceptors (Lipinski definition) is 9. The highest BCUT2D eigenvalue weighted by Gasteiger charge is 2.22. The van der Waals surface area contributed by atoms with Crippen LogP contribution in [0.3, 0.4) is 0 Å². The van der Waals surface area contributed by atoms with Gasteiger partial charge >= 0.3 is 12.2 Å². The molecule has 0 aliphatic carbocycles. The number of ether oxygens (including phenoxy) is 4. The average molecular weight is 545 g/mol. The van der Waals surface area contributed by atoms with Crippen molar-refractivity contribution in [1.82, 2.24) is 5.32 Å². The van der Waals surface area contributed by atoms with Crippen LogP contribution in [0.5, 0.6) is 11.5 Å². The number of carbonyl (C=O) groups is 2. The van der Waals surface area contributed by atoms with Crippen LogP contribution in [0.4, 0.5) is 19.7 Å². The minimum absolute atomic E-state index is 0.0112. The van der Waals surface area contributed by atoms with Crippen molar-refractivity contribution >= 4 is 40.4 Å². The molecule has 202 valence electrons. The SMILES string of the molecule is COC(=O)N=C(SC)C(=Nc1ccc(C#N)c(CNC(=O)OC(C)(C)C)c1)c1cc(OC)c(OC)cc1F. The molecule has 0 bridgehead atoms. The van der Waals surface area contributed by atoms with Gasteiger partial charge in [0, 0.05) is 18.2 Å². The number of rotatable bonds is 7. The van der Waals surface area contributed by atoms with Crippen molar-refractivity contribution < 1.29 is 32.9 Å². The van der Waals surface area contributed by atoms with Gasteiger partial charge in [-0.25, -0.2) is 19.0 Å². The lowest BCUT2D eigenvalue weighted by Crippen LogP contribution is -2.32. The van der Waals surface area contributed by atoms with Crippen LogP contribution < -0.4 is 14.8 Å². The summed E-state index contributed by atoms with van der Waals surface area (Å²) in [5, 5.41) is 12.2. The summed E-state index contributed by atoms with van der Waals surface area (Å²) in [6, 6.07) is 9.20. The molecule has 2 aromatic rings. The predicted octanol–water partition coefficient (Wildman–Crippen LogP) is 5.39. The van der Waals surface area contributed by atoms with Gasteiger partial charge in [0.25, 0.3) is 0 Å². The first-order valence-electron chi connectivity index (χ1n) is 11.2. The number of halogens is 1. The van der Waals surface area contributed by atoms with E-state index in [0.29, 0.717) is 16.8 Å². The van der Waals surface area contributed by atoms with Crippen molar-refractivity contribution in [3.05, 3.63) is 52.8 Å². The van der Waals surface area contributed by atoms with Crippen LogP contribution in [0.15, 0.2) is 40.3 Å². The summed E-state index contributed by atoms with van der Waals surface area (Å²) in [4.78, 5) is 32.5. The number of hydrogen-bond donors (Lipinski definition) is 1. The number of carbonyl (C=O) groups excluding carboxylic acids is 2. The molecule has 1 N–H and O–H groups in total. The third-order valence-electron chi connectivity index (χ3n) is 4.76. The van der Waals surface area contributed by atoms with Crippen LogP contribution >= 0.6 is 11.8 Å². The van der Waals surface area contributed by atoms with Gasteiger partial charge in [-0.15, -0.1) is 11.8 Å². The Labute approximate surface area is 224 Å². The molecular weight excluding hydrogens is 515 g/mol. The number of alkyl carbamates (subject to hydrolysis) is 1. The van der Waals surface area contributed by atoms with Gasteiger partial charge < -0.3 is 24.3 Å². The highest BCUT2D eigenvalue weighted by Crippen LogP contribution is 2.32. The second kappa shape index (κ2) is 13.4. The van der Waals surface area contributed by atoms with Crippen molar-refractivity contribution in [3.8, 4) is 17.6 Å². The number of nitriles is 1. The topological polar surface area (TPSA) is 132 Å². The Morgan fingerprint density at radius 2 is 1.76 bits per heavy atom. The first-order chi connectivity index (χ1) is 18.0. The molecule has 0 unspecified atom stereocenters. The van der Waals surface area contributed by atoms with E-state index in [4.69, 9.17) is 14.2 Å². The van der Waals surface area contributed by atoms with Crippen molar-refractivity contribution in [1.29, 1.82) is 5.26 Å². The van der Waals surface area contributed by atoms with Crippen molar-refractivity contribution in [2.75, 3.05) is 27.6 Å². The summed E-state index contributed by atoms with van der Waals surface area (Å²) in [6.45, 7) is 5.18. The first-order valence-corrected chi connectivity index (χ1v) is 12.4. The molecule has 0 aromatic heterocycles. The van der Waals surface area contributed by atoms with E-state index >= 15 is 4.39 Å². The maximum absolute atomic E-state index is 15.3. The molecule has 0 aliphatic heterocycles. The summed E-state index contributed by atoms with van der Waals surface area (Å²) < 4.78 is 35.6. The zero-order chi connectivity index (χ0) is 28.5. The van der Waals surface area contributed by atoms with Crippen LogP contribution in [-0.4, -0.2) is 56.1 Å². The summed E-state index contributed by atoms with van der Waals surface area (Å²) in [6.07, 6.45) is 0.0912. The summed E-state index contributed by atoms with van der Waals surface area (Å²) >= 11 is 1.05. The van der Waals surface area contributed by atoms with Crippen LogP contribution in [0.2, 0.25) is 0 Å². The molecule has 10 nitrogen and oxygen atoms in total. The average Bonchev–Trinajstić information content (AvgIpc) is 2.88. The highest BCUT2D eigenvalue weighted by atomic mass is 32.2. The van der Waals surface area contributed by atoms with Gasteiger partial charge in [-0.2, -0.15) is 10.3 Å². The summed E-state index contributed by atoms with van der Waals surface area (Å²) in [5.41, 5.74) is 0.352. The molecule has 2 amide bonds. The van der Waals surface area contributed by atoms with Gasteiger partial charge in [-0.3, -0.25) is 0 Å². The van der Waals surface area contributed by atoms with Gasteiger partial charge in [0.05, 0.1) is 38.6 Å². The minimum Gasteiger partial charge on any atom is -0.493 e. The number of nitrogens with one attached hydrogen (secondary N) is 1. The predicted molar refractivity (Wildman–Crippen MR) is 143 cm³/mol. The first kappa shape index (κ1) is 30.1. The molecule has 12 heteroatoms. The van der Waals surface area contributed by atoms with Crippen LogP contribution in [0, 0.1) is 17.1 Å². The lowest BCUT2D eigenvalue weighted by atomic mass is 10.1. The van der Waals surface area contributed by atoms with Gasteiger partial charge in [0.15, 0.2) is 11.5 Å². The molecule has 0 fully saturated rings. The molecule has 0 saturated carbocycles. The fourth-order valence-electron chi connectivity index (χ4n) is 3.10. The molecule has 2 rings (SSSR count). The summed E-state index contributed by atoms with van der Waals surface area (Å²) in [7, 11) is 3.95. The molecule has 0 saturated heterocycles. The Balaban J connectivity index is 2.66. The lowest BCUT2D eigenvalue weighted by molar-refractivity contribution is 0.0523.